The van der Waals surface area contributed by atoms with E-state index in [-0.39, 0.29) is 82.5 Å². The second kappa shape index (κ2) is 29.7. The molecule has 3 aromatic carbocycles. The van der Waals surface area contributed by atoms with Gasteiger partial charge in [-0.2, -0.15) is 15.0 Å². The molecule has 562 valence electrons. The van der Waals surface area contributed by atoms with Crippen LogP contribution in [0.1, 0.15) is 117 Å². The lowest BCUT2D eigenvalue weighted by molar-refractivity contribution is -0.168. The van der Waals surface area contributed by atoms with Crippen LogP contribution in [0.3, 0.4) is 0 Å². The number of aryl methyl sites for hydroxylation is 2. The number of nitrogen functional groups attached to an aromatic ring is 6. The molecule has 12 atom stereocenters. The molecule has 107 heavy (non-hydrogen) atoms. The Kier molecular flexibility index (Phi) is 21.7. The van der Waals surface area contributed by atoms with E-state index in [1.54, 1.807) is 0 Å². The zero-order chi connectivity index (χ0) is 75.6. The molecule has 0 unspecified atom stereocenters. The van der Waals surface area contributed by atoms with Gasteiger partial charge in [-0.3, -0.25) is 0 Å². The first kappa shape index (κ1) is 78.2. The van der Waals surface area contributed by atoms with E-state index < -0.39 is 29.2 Å². The fourth-order valence-corrected chi connectivity index (χ4v) is 18.0. The van der Waals surface area contributed by atoms with E-state index >= 15 is 0 Å². The fourth-order valence-electron chi connectivity index (χ4n) is 16.0. The van der Waals surface area contributed by atoms with Crippen LogP contribution in [0, 0.1) is 19.8 Å². The minimum Gasteiger partial charge on any atom is -0.390 e. The van der Waals surface area contributed by atoms with Crippen LogP contribution < -0.4 is 34.4 Å². The van der Waals surface area contributed by atoms with Crippen molar-refractivity contribution in [3.63, 3.8) is 0 Å². The van der Waals surface area contributed by atoms with Crippen LogP contribution in [0.4, 0.5) is 34.9 Å². The van der Waals surface area contributed by atoms with Crippen molar-refractivity contribution in [1.82, 2.24) is 58.6 Å². The third-order valence-corrected chi connectivity index (χ3v) is 24.6. The molecule has 24 nitrogen and oxygen atoms in total. The first-order valence-electron chi connectivity index (χ1n) is 34.4. The van der Waals surface area contributed by atoms with Crippen molar-refractivity contribution in [3.05, 3.63) is 166 Å². The van der Waals surface area contributed by atoms with Crippen molar-refractivity contribution in [1.29, 1.82) is 0 Å². The molecule has 5 aliphatic rings. The number of aromatic nitrogens is 12. The maximum Gasteiger partial charge on any atom is 0.226 e. The van der Waals surface area contributed by atoms with Crippen molar-refractivity contribution < 1.29 is 29.2 Å². The number of nitrogens with two attached hydrogens (primary N) is 6. The zero-order valence-electron chi connectivity index (χ0n) is 58.8. The molecule has 11 heterocycles. The quantitative estimate of drug-likeness (QED) is 0.0358. The van der Waals surface area contributed by atoms with E-state index in [0.29, 0.717) is 53.0 Å². The molecule has 14 N–H and O–H groups in total. The number of benzene rings is 3. The van der Waals surface area contributed by atoms with Crippen LogP contribution in [0.25, 0.3) is 65.8 Å². The highest BCUT2D eigenvalue weighted by Gasteiger charge is 2.61. The van der Waals surface area contributed by atoms with Gasteiger partial charge in [-0.25, -0.2) is 29.9 Å². The molecule has 17 rings (SSSR count). The van der Waals surface area contributed by atoms with Gasteiger partial charge in [-0.15, -0.1) is 6.58 Å². The average molecular weight is 1820 g/mol. The van der Waals surface area contributed by atoms with Crippen molar-refractivity contribution in [2.75, 3.05) is 34.4 Å². The maximum absolute atomic E-state index is 11.0. The van der Waals surface area contributed by atoms with Gasteiger partial charge in [0, 0.05) is 43.7 Å². The van der Waals surface area contributed by atoms with Gasteiger partial charge >= 0.3 is 0 Å². The van der Waals surface area contributed by atoms with Crippen LogP contribution in [-0.2, 0) is 31.8 Å². The molecule has 0 bridgehead atoms. The molecule has 3 aliphatic carbocycles. The highest BCUT2D eigenvalue weighted by molar-refractivity contribution is 14.1. The number of aliphatic hydroxyl groups excluding tert-OH is 2. The van der Waals surface area contributed by atoms with Gasteiger partial charge in [0.1, 0.15) is 70.2 Å². The third kappa shape index (κ3) is 15.3. The number of halogens is 7. The molecule has 12 aromatic rings. The summed E-state index contributed by atoms with van der Waals surface area (Å²) < 4.78 is 35.0. The van der Waals surface area contributed by atoms with E-state index in [1.807, 2.05) is 131 Å². The monoisotopic (exact) mass is 1810 g/mol. The Balaban J connectivity index is 0.000000132. The van der Waals surface area contributed by atoms with Gasteiger partial charge in [0.05, 0.1) is 82.6 Å². The molecule has 9 aromatic heterocycles. The fraction of sp³-hybridized carbons (Fsp3) is 0.382. The van der Waals surface area contributed by atoms with Gasteiger partial charge in [0.15, 0.2) is 11.6 Å². The Morgan fingerprint density at radius 3 is 1.30 bits per heavy atom. The van der Waals surface area contributed by atoms with Gasteiger partial charge in [-0.05, 0) is 260 Å². The normalized spacial score (nSPS) is 26.0. The molecule has 0 radical (unpaired) electrons. The number of aliphatic hydroxyl groups is 2. The summed E-state index contributed by atoms with van der Waals surface area (Å²) in [5.41, 5.74) is 41.9. The van der Waals surface area contributed by atoms with Crippen molar-refractivity contribution >= 4 is 206 Å². The van der Waals surface area contributed by atoms with Gasteiger partial charge < -0.3 is 77.3 Å². The second-order valence-corrected chi connectivity index (χ2v) is 34.6. The molecular formula is C76H83Br3Cl3IN18O6. The van der Waals surface area contributed by atoms with Crippen LogP contribution in [0.15, 0.2) is 136 Å². The largest absolute Gasteiger partial charge is 0.390 e. The smallest absolute Gasteiger partial charge is 0.226 e. The standard InChI is InChI=1S/C26H28BrClN6O2.C23H24BrClN6O2.C17H21ClN4O2.C9H6BrIN2.CH4/c1-25(2)35-19-18(34-9-7-15-21(29)32-24(28)33-23(15)34)12-26(3,20(19)36-25)8-6-13-4-5-14-11-16(27)22(30)31-17(14)10-13;1-23(6-4-11-2-3-12-9-14(24)20(27)28-15(12)8-11)10-16(17(32)18(23)33)31-7-5-13-19(26)29-22(25)30-21(13)31;1-5-17(4)8-10(11-12(17)24-16(2,3)23-11)22-7-6-9-13(19)20-15(18)21-14(9)22;10-7-3-5-1-2-6(11)4-8(5)13-9(7)12;/h4-5,7,9-11,18-20H,6,8,12H2,1-3H3,(H2,30,31)(H2,29,32,33);2-3,5,7-9,16-18,32-33H,4,6,10H2,1H3,(H2,27,28)(H2,26,29,30);5-7,10-12H,1,8H2,2-4H3,(H2,19,20,21);1-4H,(H2,12,13);1H4/t18-,19+,20+,26+;16-,17+,18+,23+;10-,11+,12+,17+;;/m111../s1. The summed E-state index contributed by atoms with van der Waals surface area (Å²) >= 11 is 30.7. The lowest BCUT2D eigenvalue weighted by Crippen LogP contribution is -2.35. The molecule has 2 saturated heterocycles. The zero-order valence-corrected chi connectivity index (χ0v) is 68.0. The van der Waals surface area contributed by atoms with Gasteiger partial charge in [0.2, 0.25) is 15.9 Å². The highest BCUT2D eigenvalue weighted by atomic mass is 127. The van der Waals surface area contributed by atoms with Gasteiger partial charge in [0.25, 0.3) is 0 Å². The number of ether oxygens (including phenoxy) is 4. The van der Waals surface area contributed by atoms with Crippen LogP contribution in [-0.4, -0.2) is 117 Å². The predicted molar refractivity (Wildman–Crippen MR) is 444 cm³/mol. The lowest BCUT2D eigenvalue weighted by Gasteiger charge is -2.32. The molecule has 31 heteroatoms. The Labute approximate surface area is 672 Å². The van der Waals surface area contributed by atoms with Crippen LogP contribution >= 0.6 is 105 Å². The minimum absolute atomic E-state index is 0. The minimum atomic E-state index is -0.948. The van der Waals surface area contributed by atoms with E-state index in [0.717, 1.165) is 106 Å². The Morgan fingerprint density at radius 1 is 0.486 bits per heavy atom. The number of hydrogen-bond donors (Lipinski definition) is 8. The maximum atomic E-state index is 11.0. The summed E-state index contributed by atoms with van der Waals surface area (Å²) in [4.78, 5) is 38.6. The van der Waals surface area contributed by atoms with Crippen LogP contribution in [0.2, 0.25) is 15.9 Å². The summed E-state index contributed by atoms with van der Waals surface area (Å²) in [6, 6.07) is 29.9. The number of fused-ring (bicyclic) bond motifs is 8. The average Bonchev–Trinajstić information content (AvgIpc) is 1.57. The second-order valence-electron chi connectivity index (χ2n) is 29.8. The van der Waals surface area contributed by atoms with Crippen molar-refractivity contribution in [2.45, 2.75) is 167 Å². The number of rotatable bonds is 10. The summed E-state index contributed by atoms with van der Waals surface area (Å²) in [6.45, 7) is 18.3. The molecular weight excluding hydrogens is 1730 g/mol. The van der Waals surface area contributed by atoms with E-state index in [4.69, 9.17) is 88.2 Å². The molecule has 5 fully saturated rings. The Morgan fingerprint density at radius 2 is 0.860 bits per heavy atom. The third-order valence-electron chi connectivity index (χ3n) is 21.5. The van der Waals surface area contributed by atoms with Crippen LogP contribution in [0.5, 0.6) is 0 Å². The number of pyridine rings is 3. The number of hydrogen-bond acceptors (Lipinski definition) is 21. The molecule has 0 amide bonds. The number of anilines is 6. The van der Waals surface area contributed by atoms with E-state index in [2.05, 4.69) is 169 Å². The molecule has 0 spiro atoms. The lowest BCUT2D eigenvalue weighted by atomic mass is 9.80. The molecule has 2 aliphatic heterocycles. The van der Waals surface area contributed by atoms with Crippen molar-refractivity contribution in [3.8, 4) is 0 Å². The van der Waals surface area contributed by atoms with E-state index in [1.165, 1.54) is 9.13 Å². The summed E-state index contributed by atoms with van der Waals surface area (Å²) in [6.07, 6.45) is 11.1. The predicted octanol–water partition coefficient (Wildman–Crippen LogP) is 16.7. The topological polar surface area (TPSA) is 364 Å². The number of nitrogens with zero attached hydrogens (tertiary/aromatic N) is 12. The van der Waals surface area contributed by atoms with Gasteiger partial charge in [-0.1, -0.05) is 64.6 Å². The highest BCUT2D eigenvalue weighted by Crippen LogP contribution is 2.57. The summed E-state index contributed by atoms with van der Waals surface area (Å²) in [5.74, 6) is 1.25. The first-order chi connectivity index (χ1) is 50.1. The Hall–Kier alpha value is -6.91. The summed E-state index contributed by atoms with van der Waals surface area (Å²) in [7, 11) is 0. The van der Waals surface area contributed by atoms with E-state index in [9.17, 15) is 10.2 Å². The molecule has 3 saturated carbocycles. The first-order valence-corrected chi connectivity index (χ1v) is 39.0. The Bertz CT molecular complexity index is 5460. The SMILES string of the molecule is C.C=C[C@@]1(C)C[C@@H](n2ccc3c(N)nc(Cl)nc32)[C@@H]2OC(C)(C)O[C@@H]21.CC1(C)O[C@H]2[C@H](n3ccc4c(N)nc(Cl)nc43)C[C@](C)(CCc3ccc4cc(Br)c(N)nc4c3)[C@H]2O1.C[C@]1(CCc2ccc3cc(Br)c(N)nc3c2)C[C@@H](n2ccc3c(N)nc(Cl)nc32)[C@H](O)[C@@H]1O.Nc1nc2cc(I)ccc2cc1Br. The van der Waals surface area contributed by atoms with Crippen molar-refractivity contribution in [2.24, 2.45) is 16.2 Å². The summed E-state index contributed by atoms with van der Waals surface area (Å²) in [5, 5.41) is 27.7.